The van der Waals surface area contributed by atoms with Crippen molar-refractivity contribution in [3.05, 3.63) is 78.1 Å². The quantitative estimate of drug-likeness (QED) is 0.590. The van der Waals surface area contributed by atoms with Crippen LogP contribution in [0.2, 0.25) is 0 Å². The topological polar surface area (TPSA) is 54.0 Å². The largest absolute Gasteiger partial charge is 0.383 e. The van der Waals surface area contributed by atoms with E-state index in [-0.39, 0.29) is 11.8 Å². The van der Waals surface area contributed by atoms with Crippen LogP contribution in [0.4, 0.5) is 11.4 Å². The molecule has 0 saturated heterocycles. The van der Waals surface area contributed by atoms with Gasteiger partial charge in [-0.15, -0.1) is 0 Å². The van der Waals surface area contributed by atoms with Gasteiger partial charge in [0.25, 0.3) is 0 Å². The van der Waals surface area contributed by atoms with Gasteiger partial charge in [0.05, 0.1) is 5.92 Å². The van der Waals surface area contributed by atoms with E-state index in [1.807, 2.05) is 80.7 Å². The van der Waals surface area contributed by atoms with Crippen molar-refractivity contribution in [1.82, 2.24) is 4.98 Å². The minimum atomic E-state index is -0.226. The summed E-state index contributed by atoms with van der Waals surface area (Å²) in [4.78, 5) is 16.9. The zero-order chi connectivity index (χ0) is 20.1. The summed E-state index contributed by atoms with van der Waals surface area (Å²) in [6.07, 6.45) is 1.81. The molecule has 0 saturated carbocycles. The number of hydrogen-bond acceptors (Lipinski definition) is 3. The van der Waals surface area contributed by atoms with Gasteiger partial charge in [-0.2, -0.15) is 0 Å². The maximum Gasteiger partial charge on any atom is 0.231 e. The number of carbonyl (C=O) groups is 1. The van der Waals surface area contributed by atoms with Gasteiger partial charge in [-0.3, -0.25) is 9.78 Å². The van der Waals surface area contributed by atoms with Gasteiger partial charge in [0.1, 0.15) is 0 Å². The van der Waals surface area contributed by atoms with E-state index < -0.39 is 0 Å². The molecule has 3 aromatic rings. The molecule has 1 atom stereocenters. The standard InChI is InChI=1S/C24H27N3O/c1-16(2)26-22-9-5-19(6-10-22)18(4)24(28)27-23-11-7-20(8-12-23)21-13-14-25-17(3)15-21/h5-16,18,26H,1-4H3,(H,27,28)/t18-/m1/s1. The molecule has 0 aliphatic heterocycles. The van der Waals surface area contributed by atoms with Crippen LogP contribution in [0, 0.1) is 6.92 Å². The van der Waals surface area contributed by atoms with Gasteiger partial charge in [0, 0.05) is 29.3 Å². The molecule has 0 bridgehead atoms. The molecule has 0 fully saturated rings. The number of aromatic nitrogens is 1. The summed E-state index contributed by atoms with van der Waals surface area (Å²) in [6, 6.07) is 20.4. The number of nitrogens with one attached hydrogen (secondary N) is 2. The third kappa shape index (κ3) is 4.97. The maximum absolute atomic E-state index is 12.6. The van der Waals surface area contributed by atoms with Crippen molar-refractivity contribution in [2.45, 2.75) is 39.7 Å². The number of nitrogens with zero attached hydrogens (tertiary/aromatic N) is 1. The molecule has 4 heteroatoms. The van der Waals surface area contributed by atoms with Gasteiger partial charge in [0.15, 0.2) is 0 Å². The fourth-order valence-electron chi connectivity index (χ4n) is 3.07. The third-order valence-electron chi connectivity index (χ3n) is 4.64. The highest BCUT2D eigenvalue weighted by Gasteiger charge is 2.15. The predicted octanol–water partition coefficient (Wildman–Crippen LogP) is 5.62. The van der Waals surface area contributed by atoms with Crippen LogP contribution >= 0.6 is 0 Å². The lowest BCUT2D eigenvalue weighted by atomic mass is 9.99. The number of pyridine rings is 1. The molecular formula is C24H27N3O. The Morgan fingerprint density at radius 2 is 1.50 bits per heavy atom. The molecule has 2 N–H and O–H groups in total. The smallest absolute Gasteiger partial charge is 0.231 e. The zero-order valence-electron chi connectivity index (χ0n) is 16.9. The highest BCUT2D eigenvalue weighted by Crippen LogP contribution is 2.24. The minimum Gasteiger partial charge on any atom is -0.383 e. The normalized spacial score (nSPS) is 11.9. The molecule has 4 nitrogen and oxygen atoms in total. The molecule has 28 heavy (non-hydrogen) atoms. The van der Waals surface area contributed by atoms with Crippen LogP contribution in [0.3, 0.4) is 0 Å². The number of hydrogen-bond donors (Lipinski definition) is 2. The van der Waals surface area contributed by atoms with Crippen molar-refractivity contribution in [1.29, 1.82) is 0 Å². The Kier molecular flexibility index (Phi) is 6.09. The van der Waals surface area contributed by atoms with E-state index in [0.29, 0.717) is 6.04 Å². The number of carbonyl (C=O) groups excluding carboxylic acids is 1. The summed E-state index contributed by atoms with van der Waals surface area (Å²) in [6.45, 7) is 8.11. The molecule has 1 heterocycles. The Morgan fingerprint density at radius 1 is 0.857 bits per heavy atom. The van der Waals surface area contributed by atoms with E-state index in [9.17, 15) is 4.79 Å². The third-order valence-corrected chi connectivity index (χ3v) is 4.64. The van der Waals surface area contributed by atoms with E-state index >= 15 is 0 Å². The highest BCUT2D eigenvalue weighted by molar-refractivity contribution is 5.95. The summed E-state index contributed by atoms with van der Waals surface area (Å²) in [5, 5.41) is 6.37. The van der Waals surface area contributed by atoms with Crippen LogP contribution in [-0.4, -0.2) is 16.9 Å². The second-order valence-electron chi connectivity index (χ2n) is 7.40. The Bertz CT molecular complexity index is 931. The minimum absolute atomic E-state index is 0.0166. The Hall–Kier alpha value is -3.14. The first-order valence-electron chi connectivity index (χ1n) is 9.63. The Labute approximate surface area is 167 Å². The van der Waals surface area contributed by atoms with Crippen molar-refractivity contribution in [3.8, 4) is 11.1 Å². The van der Waals surface area contributed by atoms with Crippen LogP contribution in [0.25, 0.3) is 11.1 Å². The lowest BCUT2D eigenvalue weighted by Crippen LogP contribution is -2.19. The van der Waals surface area contributed by atoms with Crippen molar-refractivity contribution in [2.75, 3.05) is 10.6 Å². The van der Waals surface area contributed by atoms with Gasteiger partial charge < -0.3 is 10.6 Å². The fraction of sp³-hybridized carbons (Fsp3) is 0.250. The first-order valence-corrected chi connectivity index (χ1v) is 9.63. The SMILES string of the molecule is Cc1cc(-c2ccc(NC(=O)[C@H](C)c3ccc(NC(C)C)cc3)cc2)ccn1. The van der Waals surface area contributed by atoms with E-state index in [1.54, 1.807) is 0 Å². The van der Waals surface area contributed by atoms with E-state index in [2.05, 4.69) is 29.5 Å². The summed E-state index contributed by atoms with van der Waals surface area (Å²) in [7, 11) is 0. The lowest BCUT2D eigenvalue weighted by Gasteiger charge is -2.15. The van der Waals surface area contributed by atoms with Gasteiger partial charge in [-0.1, -0.05) is 24.3 Å². The fourth-order valence-corrected chi connectivity index (χ4v) is 3.07. The summed E-state index contributed by atoms with van der Waals surface area (Å²) in [5.41, 5.74) is 6.06. The Morgan fingerprint density at radius 3 is 2.11 bits per heavy atom. The molecule has 144 valence electrons. The monoisotopic (exact) mass is 373 g/mol. The van der Waals surface area contributed by atoms with Crippen molar-refractivity contribution >= 4 is 17.3 Å². The van der Waals surface area contributed by atoms with Gasteiger partial charge >= 0.3 is 0 Å². The van der Waals surface area contributed by atoms with Gasteiger partial charge in [-0.25, -0.2) is 0 Å². The van der Waals surface area contributed by atoms with Gasteiger partial charge in [0.2, 0.25) is 5.91 Å². The van der Waals surface area contributed by atoms with Crippen molar-refractivity contribution in [2.24, 2.45) is 0 Å². The first kappa shape index (κ1) is 19.6. The number of benzene rings is 2. The van der Waals surface area contributed by atoms with E-state index in [0.717, 1.165) is 33.8 Å². The van der Waals surface area contributed by atoms with Crippen LogP contribution in [0.1, 0.15) is 37.9 Å². The molecule has 2 aromatic carbocycles. The molecule has 3 rings (SSSR count). The summed E-state index contributed by atoms with van der Waals surface area (Å²) in [5.74, 6) is -0.243. The van der Waals surface area contributed by atoms with Gasteiger partial charge in [-0.05, 0) is 80.8 Å². The lowest BCUT2D eigenvalue weighted by molar-refractivity contribution is -0.117. The predicted molar refractivity (Wildman–Crippen MR) is 117 cm³/mol. The van der Waals surface area contributed by atoms with Crippen molar-refractivity contribution in [3.63, 3.8) is 0 Å². The maximum atomic E-state index is 12.6. The molecule has 1 amide bonds. The second kappa shape index (κ2) is 8.70. The molecule has 0 radical (unpaired) electrons. The number of amides is 1. The number of anilines is 2. The Balaban J connectivity index is 1.65. The highest BCUT2D eigenvalue weighted by atomic mass is 16.1. The summed E-state index contributed by atoms with van der Waals surface area (Å²) >= 11 is 0. The molecule has 0 aliphatic carbocycles. The van der Waals surface area contributed by atoms with Crippen LogP contribution in [-0.2, 0) is 4.79 Å². The molecule has 1 aromatic heterocycles. The number of aryl methyl sites for hydroxylation is 1. The molecular weight excluding hydrogens is 346 g/mol. The average molecular weight is 374 g/mol. The molecule has 0 unspecified atom stereocenters. The average Bonchev–Trinajstić information content (AvgIpc) is 2.68. The second-order valence-corrected chi connectivity index (χ2v) is 7.40. The van der Waals surface area contributed by atoms with Crippen molar-refractivity contribution < 1.29 is 4.79 Å². The van der Waals surface area contributed by atoms with E-state index in [4.69, 9.17) is 0 Å². The number of rotatable bonds is 6. The molecule has 0 spiro atoms. The molecule has 0 aliphatic rings. The first-order chi connectivity index (χ1) is 13.4. The summed E-state index contributed by atoms with van der Waals surface area (Å²) < 4.78 is 0. The van der Waals surface area contributed by atoms with Crippen LogP contribution < -0.4 is 10.6 Å². The van der Waals surface area contributed by atoms with Crippen LogP contribution in [0.15, 0.2) is 66.9 Å². The zero-order valence-corrected chi connectivity index (χ0v) is 16.9. The van der Waals surface area contributed by atoms with Crippen LogP contribution in [0.5, 0.6) is 0 Å². The van der Waals surface area contributed by atoms with E-state index in [1.165, 1.54) is 0 Å².